The molecule has 0 spiro atoms. The summed E-state index contributed by atoms with van der Waals surface area (Å²) < 4.78 is 5.02. The van der Waals surface area contributed by atoms with E-state index in [4.69, 9.17) is 4.74 Å². The van der Waals surface area contributed by atoms with E-state index in [1.807, 2.05) is 42.2 Å². The molecule has 0 aliphatic carbocycles. The van der Waals surface area contributed by atoms with Crippen molar-refractivity contribution in [3.8, 4) is 0 Å². The van der Waals surface area contributed by atoms with Gasteiger partial charge in [0.2, 0.25) is 0 Å². The summed E-state index contributed by atoms with van der Waals surface area (Å²) in [5.41, 5.74) is 1.31. The number of anilines is 2. The third-order valence-corrected chi connectivity index (χ3v) is 4.89. The highest BCUT2D eigenvalue weighted by Crippen LogP contribution is 2.22. The highest BCUT2D eigenvalue weighted by Gasteiger charge is 2.25. The minimum Gasteiger partial charge on any atom is -0.450 e. The molecule has 2 aromatic rings. The van der Waals surface area contributed by atoms with E-state index < -0.39 is 0 Å². The maximum Gasteiger partial charge on any atom is 0.409 e. The van der Waals surface area contributed by atoms with Gasteiger partial charge in [-0.3, -0.25) is 4.79 Å². The first kappa shape index (κ1) is 20.6. The van der Waals surface area contributed by atoms with Gasteiger partial charge in [-0.15, -0.1) is 0 Å². The van der Waals surface area contributed by atoms with Crippen LogP contribution < -0.4 is 10.2 Å². The van der Waals surface area contributed by atoms with Crippen molar-refractivity contribution in [1.29, 1.82) is 0 Å². The maximum atomic E-state index is 12.5. The van der Waals surface area contributed by atoms with Crippen molar-refractivity contribution in [2.75, 3.05) is 31.1 Å². The Kier molecular flexibility index (Phi) is 6.99. The Morgan fingerprint density at radius 2 is 1.86 bits per heavy atom. The average Bonchev–Trinajstić information content (AvgIpc) is 2.76. The predicted molar refractivity (Wildman–Crippen MR) is 110 cm³/mol. The van der Waals surface area contributed by atoms with Crippen LogP contribution in [0, 0.1) is 0 Å². The van der Waals surface area contributed by atoms with Crippen molar-refractivity contribution in [2.45, 2.75) is 32.7 Å². The number of nitrogens with zero attached hydrogens (tertiary/aromatic N) is 4. The number of rotatable bonds is 6. The van der Waals surface area contributed by atoms with Crippen LogP contribution in [0.5, 0.6) is 0 Å². The van der Waals surface area contributed by atoms with Crippen LogP contribution in [0.4, 0.5) is 16.3 Å². The molecule has 29 heavy (non-hydrogen) atoms. The van der Waals surface area contributed by atoms with E-state index in [-0.39, 0.29) is 23.7 Å². The smallest absolute Gasteiger partial charge is 0.409 e. The van der Waals surface area contributed by atoms with Crippen LogP contribution in [-0.4, -0.2) is 59.2 Å². The van der Waals surface area contributed by atoms with Gasteiger partial charge < -0.3 is 19.9 Å². The Morgan fingerprint density at radius 3 is 2.45 bits per heavy atom. The lowest BCUT2D eigenvalue weighted by molar-refractivity contribution is 0.0856. The third-order valence-electron chi connectivity index (χ3n) is 4.89. The highest BCUT2D eigenvalue weighted by atomic mass is 16.6. The zero-order chi connectivity index (χ0) is 20.6. The van der Waals surface area contributed by atoms with Crippen molar-refractivity contribution in [3.05, 3.63) is 48.4 Å². The van der Waals surface area contributed by atoms with Gasteiger partial charge in [0.1, 0.15) is 5.69 Å². The molecule has 0 unspecified atom stereocenters. The predicted octanol–water partition coefficient (Wildman–Crippen LogP) is 2.99. The Labute approximate surface area is 170 Å². The van der Waals surface area contributed by atoms with Gasteiger partial charge in [-0.1, -0.05) is 18.2 Å². The van der Waals surface area contributed by atoms with Crippen molar-refractivity contribution < 1.29 is 14.3 Å². The molecule has 154 valence electrons. The summed E-state index contributed by atoms with van der Waals surface area (Å²) in [5, 5.41) is 2.99. The summed E-state index contributed by atoms with van der Waals surface area (Å²) in [7, 11) is 0. The van der Waals surface area contributed by atoms with Gasteiger partial charge in [-0.2, -0.15) is 0 Å². The summed E-state index contributed by atoms with van der Waals surface area (Å²) in [6.07, 6.45) is 4.21. The highest BCUT2D eigenvalue weighted by molar-refractivity contribution is 5.92. The fourth-order valence-electron chi connectivity index (χ4n) is 3.34. The first-order chi connectivity index (χ1) is 14.1. The molecular formula is C21H27N5O3. The van der Waals surface area contributed by atoms with E-state index >= 15 is 0 Å². The number of nitrogens with one attached hydrogen (secondary N) is 1. The number of carbonyl (C=O) groups is 2. The van der Waals surface area contributed by atoms with Crippen molar-refractivity contribution in [1.82, 2.24) is 20.2 Å². The topological polar surface area (TPSA) is 87.7 Å². The maximum absolute atomic E-state index is 12.5. The van der Waals surface area contributed by atoms with Crippen LogP contribution in [-0.2, 0) is 4.74 Å². The summed E-state index contributed by atoms with van der Waals surface area (Å²) >= 11 is 0. The van der Waals surface area contributed by atoms with E-state index in [2.05, 4.69) is 15.3 Å². The molecule has 2 heterocycles. The molecule has 8 nitrogen and oxygen atoms in total. The molecule has 1 aliphatic heterocycles. The second-order valence-corrected chi connectivity index (χ2v) is 6.77. The zero-order valence-corrected chi connectivity index (χ0v) is 16.9. The molecule has 1 aromatic heterocycles. The summed E-state index contributed by atoms with van der Waals surface area (Å²) in [6.45, 7) is 6.07. The molecule has 8 heteroatoms. The van der Waals surface area contributed by atoms with Gasteiger partial charge in [0, 0.05) is 31.4 Å². The number of ether oxygens (including phenoxy) is 1. The largest absolute Gasteiger partial charge is 0.450 e. The number of carbonyl (C=O) groups excluding carboxylic acids is 2. The van der Waals surface area contributed by atoms with E-state index in [9.17, 15) is 9.59 Å². The van der Waals surface area contributed by atoms with Gasteiger partial charge in [-0.25, -0.2) is 14.8 Å². The summed E-state index contributed by atoms with van der Waals surface area (Å²) in [4.78, 5) is 36.7. The van der Waals surface area contributed by atoms with Gasteiger partial charge in [-0.05, 0) is 38.8 Å². The van der Waals surface area contributed by atoms with Crippen molar-refractivity contribution in [3.63, 3.8) is 0 Å². The quantitative estimate of drug-likeness (QED) is 0.806. The second kappa shape index (κ2) is 9.86. The number of likely N-dealkylation sites (tertiary alicyclic amines) is 1. The molecule has 0 bridgehead atoms. The lowest BCUT2D eigenvalue weighted by Crippen LogP contribution is -2.46. The van der Waals surface area contributed by atoms with Crippen LogP contribution >= 0.6 is 0 Å². The third kappa shape index (κ3) is 5.22. The molecule has 1 N–H and O–H groups in total. The lowest BCUT2D eigenvalue weighted by Gasteiger charge is -2.31. The van der Waals surface area contributed by atoms with E-state index in [0.717, 1.165) is 12.2 Å². The number of hydrogen-bond acceptors (Lipinski definition) is 6. The number of hydrogen-bond donors (Lipinski definition) is 1. The Hall–Kier alpha value is -3.16. The van der Waals surface area contributed by atoms with Crippen LogP contribution in [0.25, 0.3) is 0 Å². The van der Waals surface area contributed by atoms with Crippen LogP contribution in [0.3, 0.4) is 0 Å². The summed E-state index contributed by atoms with van der Waals surface area (Å²) in [6, 6.07) is 9.93. The van der Waals surface area contributed by atoms with Crippen LogP contribution in [0.1, 0.15) is 37.2 Å². The van der Waals surface area contributed by atoms with Crippen LogP contribution in [0.15, 0.2) is 42.7 Å². The second-order valence-electron chi connectivity index (χ2n) is 6.77. The van der Waals surface area contributed by atoms with Gasteiger partial charge in [0.15, 0.2) is 5.82 Å². The fraction of sp³-hybridized carbons (Fsp3) is 0.429. The molecule has 0 atom stereocenters. The Morgan fingerprint density at radius 1 is 1.14 bits per heavy atom. The SMILES string of the molecule is CCOC(=O)N1CCC(NC(=O)c2cnc(N(CC)c3ccccc3)cn2)CC1. The lowest BCUT2D eigenvalue weighted by atomic mass is 10.1. The van der Waals surface area contributed by atoms with Crippen molar-refractivity contribution in [2.24, 2.45) is 0 Å². The molecule has 1 aromatic carbocycles. The van der Waals surface area contributed by atoms with E-state index in [1.165, 1.54) is 6.20 Å². The fourth-order valence-corrected chi connectivity index (χ4v) is 3.34. The Bertz CT molecular complexity index is 805. The molecule has 3 rings (SSSR count). The van der Waals surface area contributed by atoms with Gasteiger partial charge >= 0.3 is 6.09 Å². The number of benzene rings is 1. The molecule has 1 fully saturated rings. The monoisotopic (exact) mass is 397 g/mol. The first-order valence-electron chi connectivity index (χ1n) is 9.99. The molecule has 1 saturated heterocycles. The van der Waals surface area contributed by atoms with Gasteiger partial charge in [0.05, 0.1) is 19.0 Å². The standard InChI is InChI=1S/C21H27N5O3/c1-3-26(17-8-6-5-7-9-17)19-15-22-18(14-23-19)20(27)24-16-10-12-25(13-11-16)21(28)29-4-2/h5-9,14-16H,3-4,10-13H2,1-2H3,(H,24,27). The van der Waals surface area contributed by atoms with Crippen molar-refractivity contribution >= 4 is 23.5 Å². The minimum absolute atomic E-state index is 0.00566. The van der Waals surface area contributed by atoms with E-state index in [0.29, 0.717) is 38.4 Å². The van der Waals surface area contributed by atoms with Gasteiger partial charge in [0.25, 0.3) is 5.91 Å². The van der Waals surface area contributed by atoms with E-state index in [1.54, 1.807) is 18.0 Å². The molecule has 2 amide bonds. The average molecular weight is 397 g/mol. The van der Waals surface area contributed by atoms with Crippen LogP contribution in [0.2, 0.25) is 0 Å². The Balaban J connectivity index is 1.56. The molecule has 0 radical (unpaired) electrons. The number of amides is 2. The first-order valence-corrected chi connectivity index (χ1v) is 9.99. The number of piperidine rings is 1. The zero-order valence-electron chi connectivity index (χ0n) is 16.9. The molecular weight excluding hydrogens is 370 g/mol. The minimum atomic E-state index is -0.294. The number of para-hydroxylation sites is 1. The summed E-state index contributed by atoms with van der Waals surface area (Å²) in [5.74, 6) is 0.444. The normalized spacial score (nSPS) is 14.3. The molecule has 1 aliphatic rings. The molecule has 0 saturated carbocycles. The number of aromatic nitrogens is 2.